The Hall–Kier alpha value is -2.67. The molecular formula is C17H20N4O3. The first-order valence-electron chi connectivity index (χ1n) is 7.78. The van der Waals surface area contributed by atoms with Crippen LogP contribution < -0.4 is 10.3 Å². The zero-order chi connectivity index (χ0) is 17.1. The maximum Gasteiger partial charge on any atom is 0.252 e. The summed E-state index contributed by atoms with van der Waals surface area (Å²) in [7, 11) is 3.53. The second-order valence-electron chi connectivity index (χ2n) is 5.69. The highest BCUT2D eigenvalue weighted by atomic mass is 16.5. The van der Waals surface area contributed by atoms with Gasteiger partial charge in [-0.15, -0.1) is 10.2 Å². The monoisotopic (exact) mass is 328 g/mol. The first-order valence-corrected chi connectivity index (χ1v) is 7.78. The van der Waals surface area contributed by atoms with Crippen LogP contribution in [0.15, 0.2) is 33.5 Å². The summed E-state index contributed by atoms with van der Waals surface area (Å²) in [5.41, 5.74) is 1.37. The summed E-state index contributed by atoms with van der Waals surface area (Å²) < 4.78 is 10.7. The molecule has 0 spiro atoms. The Labute approximate surface area is 139 Å². The molecule has 0 bridgehead atoms. The molecule has 0 saturated carbocycles. The number of pyridine rings is 1. The van der Waals surface area contributed by atoms with E-state index in [2.05, 4.69) is 15.2 Å². The summed E-state index contributed by atoms with van der Waals surface area (Å²) in [5.74, 6) is 1.93. The van der Waals surface area contributed by atoms with E-state index in [1.54, 1.807) is 7.11 Å². The van der Waals surface area contributed by atoms with E-state index in [1.165, 1.54) is 0 Å². The molecule has 0 radical (unpaired) electrons. The van der Waals surface area contributed by atoms with Gasteiger partial charge in [0.25, 0.3) is 5.56 Å². The SMILES string of the molecule is CCc1nnc(CN(C)Cc2cc3cc(OC)ccc3[nH]c2=O)o1. The van der Waals surface area contributed by atoms with Crippen molar-refractivity contribution in [3.05, 3.63) is 52.0 Å². The van der Waals surface area contributed by atoms with Gasteiger partial charge >= 0.3 is 0 Å². The Kier molecular flexibility index (Phi) is 4.61. The quantitative estimate of drug-likeness (QED) is 0.746. The highest BCUT2D eigenvalue weighted by molar-refractivity contribution is 5.80. The minimum absolute atomic E-state index is 0.0979. The van der Waals surface area contributed by atoms with E-state index in [9.17, 15) is 4.79 Å². The molecule has 3 aromatic rings. The number of hydrogen-bond acceptors (Lipinski definition) is 6. The zero-order valence-corrected chi connectivity index (χ0v) is 14.0. The molecular weight excluding hydrogens is 308 g/mol. The number of fused-ring (bicyclic) bond motifs is 1. The molecule has 0 amide bonds. The summed E-state index contributed by atoms with van der Waals surface area (Å²) in [4.78, 5) is 17.1. The van der Waals surface area contributed by atoms with Gasteiger partial charge in [-0.2, -0.15) is 0 Å². The van der Waals surface area contributed by atoms with Crippen LogP contribution in [0, 0.1) is 0 Å². The third-order valence-corrected chi connectivity index (χ3v) is 3.78. The number of rotatable bonds is 6. The van der Waals surface area contributed by atoms with Crippen molar-refractivity contribution in [3.63, 3.8) is 0 Å². The largest absolute Gasteiger partial charge is 0.497 e. The molecule has 0 fully saturated rings. The van der Waals surface area contributed by atoms with Gasteiger partial charge < -0.3 is 14.1 Å². The molecule has 126 valence electrons. The Balaban J connectivity index is 1.80. The lowest BCUT2D eigenvalue weighted by molar-refractivity contribution is 0.276. The van der Waals surface area contributed by atoms with E-state index < -0.39 is 0 Å². The molecule has 0 atom stereocenters. The van der Waals surface area contributed by atoms with E-state index in [1.807, 2.05) is 43.1 Å². The minimum Gasteiger partial charge on any atom is -0.497 e. The van der Waals surface area contributed by atoms with E-state index in [4.69, 9.17) is 9.15 Å². The second-order valence-corrected chi connectivity index (χ2v) is 5.69. The second kappa shape index (κ2) is 6.84. The Bertz CT molecular complexity index is 900. The normalized spacial score (nSPS) is 11.3. The van der Waals surface area contributed by atoms with Crippen LogP contribution in [-0.2, 0) is 19.5 Å². The number of benzene rings is 1. The zero-order valence-electron chi connectivity index (χ0n) is 14.0. The molecule has 24 heavy (non-hydrogen) atoms. The van der Waals surface area contributed by atoms with Crippen molar-refractivity contribution in [2.75, 3.05) is 14.2 Å². The van der Waals surface area contributed by atoms with Gasteiger partial charge in [0.1, 0.15) is 5.75 Å². The van der Waals surface area contributed by atoms with Gasteiger partial charge in [-0.1, -0.05) is 6.92 Å². The van der Waals surface area contributed by atoms with Gasteiger partial charge in [0.05, 0.1) is 13.7 Å². The fraction of sp³-hybridized carbons (Fsp3) is 0.353. The van der Waals surface area contributed by atoms with Crippen molar-refractivity contribution in [3.8, 4) is 5.75 Å². The fourth-order valence-electron chi connectivity index (χ4n) is 2.55. The van der Waals surface area contributed by atoms with Crippen molar-refractivity contribution in [1.29, 1.82) is 0 Å². The molecule has 7 heteroatoms. The standard InChI is InChI=1S/C17H20N4O3/c1-4-15-19-20-16(24-15)10-21(2)9-12-7-11-8-13(23-3)5-6-14(11)18-17(12)22/h5-8H,4,9-10H2,1-3H3,(H,18,22). The molecule has 3 rings (SSSR count). The van der Waals surface area contributed by atoms with Crippen molar-refractivity contribution in [2.45, 2.75) is 26.4 Å². The van der Waals surface area contributed by atoms with Gasteiger partial charge in [0.15, 0.2) is 0 Å². The van der Waals surface area contributed by atoms with Crippen LogP contribution in [0.25, 0.3) is 10.9 Å². The van der Waals surface area contributed by atoms with Crippen LogP contribution in [0.1, 0.15) is 24.3 Å². The summed E-state index contributed by atoms with van der Waals surface area (Å²) >= 11 is 0. The number of nitrogens with one attached hydrogen (secondary N) is 1. The molecule has 1 N–H and O–H groups in total. The molecule has 2 aromatic heterocycles. The van der Waals surface area contributed by atoms with Crippen LogP contribution in [0.3, 0.4) is 0 Å². The first kappa shape index (κ1) is 16.2. The number of nitrogens with zero attached hydrogens (tertiary/aromatic N) is 3. The maximum absolute atomic E-state index is 12.3. The number of aryl methyl sites for hydroxylation is 1. The highest BCUT2D eigenvalue weighted by Crippen LogP contribution is 2.19. The van der Waals surface area contributed by atoms with Gasteiger partial charge in [-0.05, 0) is 31.3 Å². The van der Waals surface area contributed by atoms with E-state index in [-0.39, 0.29) is 5.56 Å². The maximum atomic E-state index is 12.3. The molecule has 0 saturated heterocycles. The minimum atomic E-state index is -0.0979. The Morgan fingerprint density at radius 2 is 2.00 bits per heavy atom. The third-order valence-electron chi connectivity index (χ3n) is 3.78. The summed E-state index contributed by atoms with van der Waals surface area (Å²) in [6.07, 6.45) is 0.711. The summed E-state index contributed by atoms with van der Waals surface area (Å²) in [5, 5.41) is 8.88. The van der Waals surface area contributed by atoms with Crippen molar-refractivity contribution < 1.29 is 9.15 Å². The number of hydrogen-bond donors (Lipinski definition) is 1. The van der Waals surface area contributed by atoms with Gasteiger partial charge in [0, 0.05) is 29.4 Å². The predicted molar refractivity (Wildman–Crippen MR) is 90.0 cm³/mol. The predicted octanol–water partition coefficient (Wildman–Crippen LogP) is 2.11. The summed E-state index contributed by atoms with van der Waals surface area (Å²) in [6, 6.07) is 7.46. The van der Waals surface area contributed by atoms with Crippen molar-refractivity contribution in [1.82, 2.24) is 20.1 Å². The third kappa shape index (κ3) is 3.46. The summed E-state index contributed by atoms with van der Waals surface area (Å²) in [6.45, 7) is 2.93. The van der Waals surface area contributed by atoms with Crippen LogP contribution >= 0.6 is 0 Å². The lowest BCUT2D eigenvalue weighted by Crippen LogP contribution is -2.23. The molecule has 1 aromatic carbocycles. The molecule has 0 aliphatic heterocycles. The molecule has 0 unspecified atom stereocenters. The van der Waals surface area contributed by atoms with E-state index >= 15 is 0 Å². The molecule has 0 aliphatic carbocycles. The number of aromatic nitrogens is 3. The van der Waals surface area contributed by atoms with Crippen LogP contribution in [0.5, 0.6) is 5.75 Å². The Morgan fingerprint density at radius 1 is 1.21 bits per heavy atom. The lowest BCUT2D eigenvalue weighted by atomic mass is 10.1. The average molecular weight is 328 g/mol. The van der Waals surface area contributed by atoms with Crippen LogP contribution in [0.4, 0.5) is 0 Å². The van der Waals surface area contributed by atoms with Crippen LogP contribution in [0.2, 0.25) is 0 Å². The van der Waals surface area contributed by atoms with Gasteiger partial charge in [-0.3, -0.25) is 9.69 Å². The average Bonchev–Trinajstić information content (AvgIpc) is 3.02. The fourth-order valence-corrected chi connectivity index (χ4v) is 2.55. The number of ether oxygens (including phenoxy) is 1. The number of H-pyrrole nitrogens is 1. The molecule has 7 nitrogen and oxygen atoms in total. The number of aromatic amines is 1. The topological polar surface area (TPSA) is 84.2 Å². The Morgan fingerprint density at radius 3 is 2.71 bits per heavy atom. The lowest BCUT2D eigenvalue weighted by Gasteiger charge is -2.14. The molecule has 2 heterocycles. The van der Waals surface area contributed by atoms with Crippen LogP contribution in [-0.4, -0.2) is 34.2 Å². The van der Waals surface area contributed by atoms with Gasteiger partial charge in [-0.25, -0.2) is 0 Å². The van der Waals surface area contributed by atoms with E-state index in [0.717, 1.165) is 16.7 Å². The van der Waals surface area contributed by atoms with Gasteiger partial charge in [0.2, 0.25) is 11.8 Å². The smallest absolute Gasteiger partial charge is 0.252 e. The first-order chi connectivity index (χ1) is 11.6. The van der Waals surface area contributed by atoms with Crippen molar-refractivity contribution in [2.24, 2.45) is 0 Å². The number of methoxy groups -OCH3 is 1. The molecule has 0 aliphatic rings. The van der Waals surface area contributed by atoms with E-state index in [0.29, 0.717) is 36.9 Å². The highest BCUT2D eigenvalue weighted by Gasteiger charge is 2.11. The van der Waals surface area contributed by atoms with Crippen molar-refractivity contribution >= 4 is 10.9 Å².